The molecule has 1 aliphatic carbocycles. The Morgan fingerprint density at radius 1 is 1.43 bits per heavy atom. The van der Waals surface area contributed by atoms with Gasteiger partial charge in [0.1, 0.15) is 5.69 Å². The smallest absolute Gasteiger partial charge is 0.272 e. The van der Waals surface area contributed by atoms with Crippen LogP contribution >= 0.6 is 0 Å². The van der Waals surface area contributed by atoms with Gasteiger partial charge in [0, 0.05) is 24.3 Å². The first-order valence-corrected chi connectivity index (χ1v) is 7.33. The molecule has 1 saturated carbocycles. The van der Waals surface area contributed by atoms with Gasteiger partial charge in [0.05, 0.1) is 13.2 Å². The highest BCUT2D eigenvalue weighted by molar-refractivity contribution is 5.92. The molecule has 1 heterocycles. The Hall–Kier alpha value is -1.90. The zero-order valence-corrected chi connectivity index (χ0v) is 12.1. The summed E-state index contributed by atoms with van der Waals surface area (Å²) in [5, 5.41) is 9.19. The van der Waals surface area contributed by atoms with Gasteiger partial charge in [-0.3, -0.25) is 4.79 Å². The van der Waals surface area contributed by atoms with Gasteiger partial charge in [-0.05, 0) is 25.0 Å². The third kappa shape index (κ3) is 4.03. The number of aliphatic hydroxyl groups is 1. The summed E-state index contributed by atoms with van der Waals surface area (Å²) in [4.78, 5) is 18.5. The summed E-state index contributed by atoms with van der Waals surface area (Å²) in [5.74, 6) is 5.51. The number of carbonyl (C=O) groups is 1. The largest absolute Gasteiger partial charge is 0.395 e. The maximum absolute atomic E-state index is 12.5. The summed E-state index contributed by atoms with van der Waals surface area (Å²) in [6.45, 7) is 0.634. The van der Waals surface area contributed by atoms with E-state index in [-0.39, 0.29) is 18.6 Å². The summed E-state index contributed by atoms with van der Waals surface area (Å²) in [5.41, 5.74) is 6.46. The Labute approximate surface area is 125 Å². The van der Waals surface area contributed by atoms with Crippen molar-refractivity contribution in [2.45, 2.75) is 31.7 Å². The average Bonchev–Trinajstić information content (AvgIpc) is 3.04. The lowest BCUT2D eigenvalue weighted by atomic mass is 10.1. The molecule has 0 spiro atoms. The van der Waals surface area contributed by atoms with Gasteiger partial charge in [0.2, 0.25) is 0 Å². The normalized spacial score (nSPS) is 14.6. The van der Waals surface area contributed by atoms with Gasteiger partial charge < -0.3 is 15.7 Å². The standard InChI is InChI=1S/C16H21N3O2/c17-9-3-4-13-7-8-15(18-12-13)16(21)19(10-11-20)14-5-1-2-6-14/h7-8,12,14,20H,1-2,5-6,9-11,17H2. The number of aromatic nitrogens is 1. The molecule has 2 rings (SSSR count). The van der Waals surface area contributed by atoms with Gasteiger partial charge in [-0.1, -0.05) is 24.7 Å². The molecule has 112 valence electrons. The lowest BCUT2D eigenvalue weighted by Gasteiger charge is -2.28. The van der Waals surface area contributed by atoms with E-state index in [1.807, 2.05) is 0 Å². The Bertz CT molecular complexity index is 525. The Morgan fingerprint density at radius 2 is 2.19 bits per heavy atom. The molecule has 1 amide bonds. The predicted molar refractivity (Wildman–Crippen MR) is 80.5 cm³/mol. The average molecular weight is 287 g/mol. The second-order valence-electron chi connectivity index (χ2n) is 5.10. The van der Waals surface area contributed by atoms with Crippen LogP contribution in [0, 0.1) is 11.8 Å². The van der Waals surface area contributed by atoms with Gasteiger partial charge in [-0.15, -0.1) is 0 Å². The van der Waals surface area contributed by atoms with E-state index in [1.165, 1.54) is 0 Å². The van der Waals surface area contributed by atoms with Crippen LogP contribution < -0.4 is 5.73 Å². The van der Waals surface area contributed by atoms with Crippen molar-refractivity contribution in [1.29, 1.82) is 0 Å². The zero-order chi connectivity index (χ0) is 15.1. The number of nitrogens with zero attached hydrogens (tertiary/aromatic N) is 2. The summed E-state index contributed by atoms with van der Waals surface area (Å²) in [6, 6.07) is 3.68. The quantitative estimate of drug-likeness (QED) is 0.802. The van der Waals surface area contributed by atoms with Crippen LogP contribution in [0.3, 0.4) is 0 Å². The van der Waals surface area contributed by atoms with Crippen LogP contribution in [0.25, 0.3) is 0 Å². The highest BCUT2D eigenvalue weighted by Gasteiger charge is 2.27. The van der Waals surface area contributed by atoms with Crippen molar-refractivity contribution < 1.29 is 9.90 Å². The van der Waals surface area contributed by atoms with E-state index >= 15 is 0 Å². The molecule has 1 aromatic rings. The van der Waals surface area contributed by atoms with Crippen LogP contribution in [-0.2, 0) is 0 Å². The van der Waals surface area contributed by atoms with Crippen LogP contribution in [-0.4, -0.2) is 46.6 Å². The molecule has 1 aliphatic rings. The van der Waals surface area contributed by atoms with Crippen LogP contribution in [0.4, 0.5) is 0 Å². The van der Waals surface area contributed by atoms with Crippen LogP contribution in [0.1, 0.15) is 41.7 Å². The first kappa shape index (κ1) is 15.5. The minimum atomic E-state index is -0.116. The van der Waals surface area contributed by atoms with Gasteiger partial charge in [0.15, 0.2) is 0 Å². The highest BCUT2D eigenvalue weighted by Crippen LogP contribution is 2.24. The number of nitrogens with two attached hydrogens (primary N) is 1. The van der Waals surface area contributed by atoms with E-state index in [4.69, 9.17) is 5.73 Å². The molecule has 1 aromatic heterocycles. The second kappa shape index (κ2) is 7.77. The molecular weight excluding hydrogens is 266 g/mol. The van der Waals surface area contributed by atoms with Crippen molar-refractivity contribution in [3.8, 4) is 11.8 Å². The molecule has 0 aromatic carbocycles. The maximum Gasteiger partial charge on any atom is 0.272 e. The molecule has 0 radical (unpaired) electrons. The maximum atomic E-state index is 12.5. The van der Waals surface area contributed by atoms with Gasteiger partial charge >= 0.3 is 0 Å². The third-order valence-corrected chi connectivity index (χ3v) is 3.68. The molecule has 0 saturated heterocycles. The molecule has 0 bridgehead atoms. The van der Waals surface area contributed by atoms with E-state index in [0.717, 1.165) is 31.2 Å². The van der Waals surface area contributed by atoms with Crippen molar-refractivity contribution in [1.82, 2.24) is 9.88 Å². The Kier molecular flexibility index (Phi) is 5.73. The molecule has 3 N–H and O–H groups in total. The molecule has 5 nitrogen and oxygen atoms in total. The lowest BCUT2D eigenvalue weighted by molar-refractivity contribution is 0.0632. The van der Waals surface area contributed by atoms with Crippen molar-refractivity contribution in [2.75, 3.05) is 19.7 Å². The van der Waals surface area contributed by atoms with Crippen LogP contribution in [0.5, 0.6) is 0 Å². The van der Waals surface area contributed by atoms with E-state index in [2.05, 4.69) is 16.8 Å². The van der Waals surface area contributed by atoms with Crippen molar-refractivity contribution in [3.05, 3.63) is 29.6 Å². The van der Waals surface area contributed by atoms with Gasteiger partial charge in [0.25, 0.3) is 5.91 Å². The number of carbonyl (C=O) groups excluding carboxylic acids is 1. The van der Waals surface area contributed by atoms with Gasteiger partial charge in [-0.2, -0.15) is 0 Å². The molecule has 0 atom stereocenters. The Morgan fingerprint density at radius 3 is 2.76 bits per heavy atom. The van der Waals surface area contributed by atoms with Crippen molar-refractivity contribution >= 4 is 5.91 Å². The van der Waals surface area contributed by atoms with Gasteiger partial charge in [-0.25, -0.2) is 4.98 Å². The Balaban J connectivity index is 2.12. The summed E-state index contributed by atoms with van der Waals surface area (Å²) >= 11 is 0. The van der Waals surface area contributed by atoms with E-state index in [0.29, 0.717) is 18.8 Å². The number of hydrogen-bond donors (Lipinski definition) is 2. The zero-order valence-electron chi connectivity index (χ0n) is 12.1. The highest BCUT2D eigenvalue weighted by atomic mass is 16.3. The van der Waals surface area contributed by atoms with Crippen molar-refractivity contribution in [2.24, 2.45) is 5.73 Å². The van der Waals surface area contributed by atoms with Crippen LogP contribution in [0.15, 0.2) is 18.3 Å². The number of hydrogen-bond acceptors (Lipinski definition) is 4. The second-order valence-corrected chi connectivity index (χ2v) is 5.10. The summed E-state index contributed by atoms with van der Waals surface area (Å²) in [7, 11) is 0. The molecule has 1 fully saturated rings. The number of rotatable bonds is 4. The fourth-order valence-electron chi connectivity index (χ4n) is 2.67. The predicted octanol–water partition coefficient (Wildman–Crippen LogP) is 0.769. The summed E-state index contributed by atoms with van der Waals surface area (Å²) in [6.07, 6.45) is 5.88. The molecule has 5 heteroatoms. The third-order valence-electron chi connectivity index (χ3n) is 3.68. The number of pyridine rings is 1. The van der Waals surface area contributed by atoms with Crippen LogP contribution in [0.2, 0.25) is 0 Å². The topological polar surface area (TPSA) is 79.5 Å². The molecule has 0 aliphatic heterocycles. The monoisotopic (exact) mass is 287 g/mol. The lowest BCUT2D eigenvalue weighted by Crippen LogP contribution is -2.41. The number of amides is 1. The van der Waals surface area contributed by atoms with Crippen molar-refractivity contribution in [3.63, 3.8) is 0 Å². The fourth-order valence-corrected chi connectivity index (χ4v) is 2.67. The minimum Gasteiger partial charge on any atom is -0.395 e. The molecule has 0 unspecified atom stereocenters. The van der Waals surface area contributed by atoms with E-state index in [9.17, 15) is 9.90 Å². The number of aliphatic hydroxyl groups excluding tert-OH is 1. The SMILES string of the molecule is NCC#Cc1ccc(C(=O)N(CCO)C2CCCC2)nc1. The summed E-state index contributed by atoms with van der Waals surface area (Å²) < 4.78 is 0. The molecular formula is C16H21N3O2. The minimum absolute atomic E-state index is 0.0255. The fraction of sp³-hybridized carbons (Fsp3) is 0.500. The first-order chi connectivity index (χ1) is 10.3. The molecule has 21 heavy (non-hydrogen) atoms. The van der Waals surface area contributed by atoms with E-state index in [1.54, 1.807) is 23.2 Å². The van der Waals surface area contributed by atoms with E-state index < -0.39 is 0 Å². The first-order valence-electron chi connectivity index (χ1n) is 7.33.